The second kappa shape index (κ2) is 7.76. The summed E-state index contributed by atoms with van der Waals surface area (Å²) in [4.78, 5) is 0. The summed E-state index contributed by atoms with van der Waals surface area (Å²) in [7, 11) is -2.62. The van der Waals surface area contributed by atoms with E-state index in [9.17, 15) is 4.57 Å². The monoisotopic (exact) mass is 315 g/mol. The highest BCUT2D eigenvalue weighted by atomic mass is 31.2. The zero-order chi connectivity index (χ0) is 16.0. The summed E-state index contributed by atoms with van der Waals surface area (Å²) in [6.07, 6.45) is 2.79. The average molecular weight is 315 g/mol. The van der Waals surface area contributed by atoms with E-state index in [4.69, 9.17) is 0 Å². The van der Waals surface area contributed by atoms with Crippen molar-refractivity contribution in [2.45, 2.75) is 33.6 Å². The van der Waals surface area contributed by atoms with Crippen LogP contribution in [-0.2, 0) is 4.57 Å². The summed E-state index contributed by atoms with van der Waals surface area (Å²) < 4.78 is 13.7. The third kappa shape index (κ3) is 4.09. The lowest BCUT2D eigenvalue weighted by Gasteiger charge is -2.20. The van der Waals surface area contributed by atoms with Crippen LogP contribution < -0.4 is 15.9 Å². The van der Waals surface area contributed by atoms with Crippen LogP contribution in [0.4, 0.5) is 0 Å². The predicted molar refractivity (Wildman–Crippen MR) is 97.0 cm³/mol. The summed E-state index contributed by atoms with van der Waals surface area (Å²) in [5.74, 6) is 0. The summed E-state index contributed by atoms with van der Waals surface area (Å²) in [5.41, 5.74) is 2.39. The van der Waals surface area contributed by atoms with Gasteiger partial charge in [0.2, 0.25) is 0 Å². The first-order valence-electron chi connectivity index (χ1n) is 8.00. The molecule has 2 nitrogen and oxygen atoms in total. The van der Waals surface area contributed by atoms with Crippen molar-refractivity contribution in [2.24, 2.45) is 0 Å². The van der Waals surface area contributed by atoms with Crippen LogP contribution in [0.3, 0.4) is 0 Å². The van der Waals surface area contributed by atoms with E-state index in [1.54, 1.807) is 0 Å². The zero-order valence-electron chi connectivity index (χ0n) is 13.8. The van der Waals surface area contributed by atoms with Gasteiger partial charge in [0.05, 0.1) is 6.29 Å². The molecule has 0 aromatic heterocycles. The Morgan fingerprint density at radius 3 is 1.73 bits per heavy atom. The maximum absolute atomic E-state index is 13.7. The van der Waals surface area contributed by atoms with Crippen molar-refractivity contribution < 1.29 is 4.57 Å². The number of hydrogen-bond acceptors (Lipinski definition) is 2. The van der Waals surface area contributed by atoms with Crippen LogP contribution in [0, 0.1) is 13.8 Å². The molecule has 118 valence electrons. The molecule has 0 atom stereocenters. The normalized spacial score (nSPS) is 11.6. The second-order valence-corrected chi connectivity index (χ2v) is 8.75. The lowest BCUT2D eigenvalue weighted by atomic mass is 10.2. The van der Waals surface area contributed by atoms with Gasteiger partial charge in [0.1, 0.15) is 0 Å². The van der Waals surface area contributed by atoms with Crippen LogP contribution >= 0.6 is 7.14 Å². The van der Waals surface area contributed by atoms with Crippen LogP contribution in [0.2, 0.25) is 0 Å². The Morgan fingerprint density at radius 1 is 0.864 bits per heavy atom. The van der Waals surface area contributed by atoms with Crippen LogP contribution in [-0.4, -0.2) is 12.8 Å². The van der Waals surface area contributed by atoms with E-state index in [-0.39, 0.29) is 0 Å². The largest absolute Gasteiger partial charge is 0.312 e. The average Bonchev–Trinajstić information content (AvgIpc) is 2.52. The minimum absolute atomic E-state index is 0.527. The maximum atomic E-state index is 13.7. The fourth-order valence-corrected chi connectivity index (χ4v) is 4.84. The molecule has 0 amide bonds. The first-order chi connectivity index (χ1) is 10.6. The van der Waals surface area contributed by atoms with Gasteiger partial charge in [-0.15, -0.1) is 0 Å². The third-order valence-electron chi connectivity index (χ3n) is 3.94. The standard InChI is InChI=1S/C19H26NOP/c1-4-5-14-20-15-22(21,18-10-6-16(2)7-11-18)19-12-8-17(3)9-13-19/h6-13,20H,4-5,14-15H2,1-3H3. The van der Waals surface area contributed by atoms with E-state index in [2.05, 4.69) is 26.1 Å². The summed E-state index contributed by atoms with van der Waals surface area (Å²) >= 11 is 0. The fraction of sp³-hybridized carbons (Fsp3) is 0.368. The Bertz CT molecular complexity index is 582. The first-order valence-corrected chi connectivity index (χ1v) is 9.89. The molecule has 0 fully saturated rings. The molecular weight excluding hydrogens is 289 g/mol. The molecule has 3 heteroatoms. The number of nitrogens with one attached hydrogen (secondary N) is 1. The smallest absolute Gasteiger partial charge is 0.156 e. The van der Waals surface area contributed by atoms with Gasteiger partial charge in [-0.1, -0.05) is 73.0 Å². The molecule has 0 aliphatic carbocycles. The minimum Gasteiger partial charge on any atom is -0.312 e. The van der Waals surface area contributed by atoms with E-state index < -0.39 is 7.14 Å². The van der Waals surface area contributed by atoms with Crippen LogP contribution in [0.1, 0.15) is 30.9 Å². The first kappa shape index (κ1) is 17.0. The SMILES string of the molecule is CCCCNCP(=O)(c1ccc(C)cc1)c1ccc(C)cc1. The van der Waals surface area contributed by atoms with Crippen molar-refractivity contribution in [3.05, 3.63) is 59.7 Å². The van der Waals surface area contributed by atoms with Gasteiger partial charge in [-0.2, -0.15) is 0 Å². The summed E-state index contributed by atoms with van der Waals surface area (Å²) in [5, 5.41) is 5.26. The Labute approximate surface area is 134 Å². The van der Waals surface area contributed by atoms with Gasteiger partial charge in [-0.05, 0) is 26.8 Å². The highest BCUT2D eigenvalue weighted by molar-refractivity contribution is 7.78. The lowest BCUT2D eigenvalue weighted by molar-refractivity contribution is 0.579. The second-order valence-electron chi connectivity index (χ2n) is 5.92. The molecule has 0 spiro atoms. The van der Waals surface area contributed by atoms with E-state index in [1.807, 2.05) is 48.5 Å². The van der Waals surface area contributed by atoms with Crippen LogP contribution in [0.5, 0.6) is 0 Å². The Hall–Kier alpha value is -1.37. The predicted octanol–water partition coefficient (Wildman–Crippen LogP) is 3.96. The summed E-state index contributed by atoms with van der Waals surface area (Å²) in [6, 6.07) is 16.2. The molecule has 0 saturated heterocycles. The molecule has 0 saturated carbocycles. The van der Waals surface area contributed by atoms with E-state index in [0.717, 1.165) is 30.0 Å². The topological polar surface area (TPSA) is 29.1 Å². The summed E-state index contributed by atoms with van der Waals surface area (Å²) in [6.45, 7) is 7.19. The number of rotatable bonds is 7. The number of unbranched alkanes of at least 4 members (excludes halogenated alkanes) is 1. The molecule has 2 aromatic rings. The molecule has 0 bridgehead atoms. The van der Waals surface area contributed by atoms with Gasteiger partial charge in [-0.3, -0.25) is 0 Å². The lowest BCUT2D eigenvalue weighted by Crippen LogP contribution is -2.27. The molecule has 0 unspecified atom stereocenters. The van der Waals surface area contributed by atoms with E-state index >= 15 is 0 Å². The van der Waals surface area contributed by atoms with E-state index in [0.29, 0.717) is 6.29 Å². The van der Waals surface area contributed by atoms with Crippen molar-refractivity contribution in [1.82, 2.24) is 5.32 Å². The molecule has 22 heavy (non-hydrogen) atoms. The minimum atomic E-state index is -2.62. The van der Waals surface area contributed by atoms with Gasteiger partial charge >= 0.3 is 0 Å². The third-order valence-corrected chi connectivity index (χ3v) is 6.88. The molecule has 2 aromatic carbocycles. The molecule has 1 N–H and O–H groups in total. The Kier molecular flexibility index (Phi) is 5.99. The number of aryl methyl sites for hydroxylation is 2. The quantitative estimate of drug-likeness (QED) is 0.619. The molecule has 0 radical (unpaired) electrons. The van der Waals surface area contributed by atoms with Gasteiger partial charge in [0.25, 0.3) is 0 Å². The van der Waals surface area contributed by atoms with Gasteiger partial charge in [0, 0.05) is 10.6 Å². The Morgan fingerprint density at radius 2 is 1.32 bits per heavy atom. The molecule has 2 rings (SSSR count). The Balaban J connectivity index is 2.33. The van der Waals surface area contributed by atoms with Crippen LogP contribution in [0.25, 0.3) is 0 Å². The highest BCUT2D eigenvalue weighted by Crippen LogP contribution is 2.42. The number of benzene rings is 2. The number of hydrogen-bond donors (Lipinski definition) is 1. The van der Waals surface area contributed by atoms with E-state index in [1.165, 1.54) is 11.1 Å². The maximum Gasteiger partial charge on any atom is 0.156 e. The molecular formula is C19H26NOP. The van der Waals surface area contributed by atoms with Crippen molar-refractivity contribution in [2.75, 3.05) is 12.8 Å². The molecule has 0 aliphatic rings. The van der Waals surface area contributed by atoms with Crippen molar-refractivity contribution in [3.63, 3.8) is 0 Å². The van der Waals surface area contributed by atoms with Crippen LogP contribution in [0.15, 0.2) is 48.5 Å². The molecule has 0 heterocycles. The zero-order valence-corrected chi connectivity index (χ0v) is 14.7. The van der Waals surface area contributed by atoms with Gasteiger partial charge < -0.3 is 9.88 Å². The van der Waals surface area contributed by atoms with Crippen molar-refractivity contribution in [1.29, 1.82) is 0 Å². The highest BCUT2D eigenvalue weighted by Gasteiger charge is 2.26. The van der Waals surface area contributed by atoms with Gasteiger partial charge in [-0.25, -0.2) is 0 Å². The van der Waals surface area contributed by atoms with Crippen molar-refractivity contribution in [3.8, 4) is 0 Å². The van der Waals surface area contributed by atoms with Crippen molar-refractivity contribution >= 4 is 17.8 Å². The fourth-order valence-electron chi connectivity index (χ4n) is 2.44. The molecule has 0 aliphatic heterocycles. The van der Waals surface area contributed by atoms with Gasteiger partial charge in [0.15, 0.2) is 7.14 Å².